The summed E-state index contributed by atoms with van der Waals surface area (Å²) in [5.41, 5.74) is 0.671. The molecule has 29 heavy (non-hydrogen) atoms. The number of carbonyl (C=O) groups excluding carboxylic acids is 2. The van der Waals surface area contributed by atoms with Crippen LogP contribution in [-0.2, 0) is 9.59 Å². The Balaban J connectivity index is 2.27. The van der Waals surface area contributed by atoms with Crippen molar-refractivity contribution in [3.8, 4) is 0 Å². The van der Waals surface area contributed by atoms with Gasteiger partial charge < -0.3 is 15.7 Å². The number of hydrogen-bond donors (Lipinski definition) is 3. The number of hydrogen-bond acceptors (Lipinski definition) is 4. The molecule has 0 aliphatic heterocycles. The number of nitrogens with one attached hydrogen (secondary N) is 2. The van der Waals surface area contributed by atoms with Crippen molar-refractivity contribution in [2.24, 2.45) is 0 Å². The minimum atomic E-state index is -1.16. The van der Waals surface area contributed by atoms with Gasteiger partial charge in [-0.15, -0.1) is 0 Å². The van der Waals surface area contributed by atoms with Gasteiger partial charge in [-0.2, -0.15) is 11.8 Å². The molecule has 3 N–H and O–H groups in total. The summed E-state index contributed by atoms with van der Waals surface area (Å²) in [6, 6.07) is 12.5. The number of carboxylic acid groups (broad SMARTS) is 1. The minimum absolute atomic E-state index is 0.138. The number of carboxylic acids is 1. The SMILES string of the molecule is CSCC[C@@H](NC(=O)/C(=C/c1ccc(F)cc1)NC(=O)c1ccccc1)C(=O)O. The molecule has 0 saturated heterocycles. The number of amides is 2. The Kier molecular flexibility index (Phi) is 8.42. The Hall–Kier alpha value is -3.13. The Morgan fingerprint density at radius 3 is 2.34 bits per heavy atom. The molecule has 2 aromatic carbocycles. The minimum Gasteiger partial charge on any atom is -0.480 e. The van der Waals surface area contributed by atoms with Crippen LogP contribution in [0.1, 0.15) is 22.3 Å². The second-order valence-corrected chi connectivity index (χ2v) is 7.06. The topological polar surface area (TPSA) is 95.5 Å². The largest absolute Gasteiger partial charge is 0.480 e. The molecule has 0 heterocycles. The number of thioether (sulfide) groups is 1. The summed E-state index contributed by atoms with van der Waals surface area (Å²) in [6.07, 6.45) is 3.43. The van der Waals surface area contributed by atoms with Gasteiger partial charge >= 0.3 is 5.97 Å². The third-order valence-electron chi connectivity index (χ3n) is 3.92. The highest BCUT2D eigenvalue weighted by Crippen LogP contribution is 2.10. The number of rotatable bonds is 9. The summed E-state index contributed by atoms with van der Waals surface area (Å²) >= 11 is 1.46. The lowest BCUT2D eigenvalue weighted by molar-refractivity contribution is -0.141. The van der Waals surface area contributed by atoms with Crippen LogP contribution in [0.2, 0.25) is 0 Å². The summed E-state index contributed by atoms with van der Waals surface area (Å²) in [7, 11) is 0. The molecule has 2 amide bonds. The first-order valence-corrected chi connectivity index (χ1v) is 10.2. The van der Waals surface area contributed by atoms with Crippen molar-refractivity contribution in [1.29, 1.82) is 0 Å². The van der Waals surface area contributed by atoms with Crippen molar-refractivity contribution in [2.45, 2.75) is 12.5 Å². The lowest BCUT2D eigenvalue weighted by Gasteiger charge is -2.16. The molecule has 0 unspecified atom stereocenters. The van der Waals surface area contributed by atoms with E-state index < -0.39 is 29.6 Å². The van der Waals surface area contributed by atoms with Crippen LogP contribution in [0.4, 0.5) is 4.39 Å². The normalized spacial score (nSPS) is 12.1. The van der Waals surface area contributed by atoms with Gasteiger partial charge in [0.15, 0.2) is 0 Å². The van der Waals surface area contributed by atoms with Crippen LogP contribution in [0.25, 0.3) is 6.08 Å². The van der Waals surface area contributed by atoms with Crippen molar-refractivity contribution >= 4 is 35.6 Å². The lowest BCUT2D eigenvalue weighted by Crippen LogP contribution is -2.44. The summed E-state index contributed by atoms with van der Waals surface area (Å²) in [5.74, 6) is -2.32. The zero-order valence-corrected chi connectivity index (χ0v) is 16.5. The van der Waals surface area contributed by atoms with Crippen LogP contribution in [-0.4, -0.2) is 40.9 Å². The van der Waals surface area contributed by atoms with Gasteiger partial charge in [0.25, 0.3) is 11.8 Å². The lowest BCUT2D eigenvalue weighted by atomic mass is 10.1. The maximum absolute atomic E-state index is 13.2. The van der Waals surface area contributed by atoms with Crippen molar-refractivity contribution < 1.29 is 23.9 Å². The third-order valence-corrected chi connectivity index (χ3v) is 4.57. The van der Waals surface area contributed by atoms with E-state index in [1.807, 2.05) is 6.26 Å². The number of carbonyl (C=O) groups is 3. The first kappa shape index (κ1) is 22.2. The van der Waals surface area contributed by atoms with Gasteiger partial charge in [0.1, 0.15) is 17.6 Å². The van der Waals surface area contributed by atoms with E-state index in [-0.39, 0.29) is 12.1 Å². The summed E-state index contributed by atoms with van der Waals surface area (Å²) in [5, 5.41) is 14.3. The van der Waals surface area contributed by atoms with Gasteiger partial charge in [-0.3, -0.25) is 9.59 Å². The van der Waals surface area contributed by atoms with E-state index in [0.717, 1.165) is 0 Å². The van der Waals surface area contributed by atoms with Crippen LogP contribution in [0.5, 0.6) is 0 Å². The molecule has 0 aliphatic carbocycles. The van der Waals surface area contributed by atoms with Crippen LogP contribution < -0.4 is 10.6 Å². The molecule has 0 spiro atoms. The highest BCUT2D eigenvalue weighted by Gasteiger charge is 2.22. The molecule has 0 aliphatic rings. The molecule has 0 aromatic heterocycles. The van der Waals surface area contributed by atoms with E-state index in [1.54, 1.807) is 30.3 Å². The standard InChI is InChI=1S/C21H21FN2O4S/c1-29-12-11-17(21(27)28)23-20(26)18(13-14-7-9-16(22)10-8-14)24-19(25)15-5-3-2-4-6-15/h2-10,13,17H,11-12H2,1H3,(H,23,26)(H,24,25)(H,27,28)/b18-13-/t17-/m1/s1. The van der Waals surface area contributed by atoms with Gasteiger partial charge in [-0.05, 0) is 54.3 Å². The van der Waals surface area contributed by atoms with Gasteiger partial charge in [0.2, 0.25) is 0 Å². The molecule has 0 fully saturated rings. The molecule has 0 radical (unpaired) electrons. The zero-order chi connectivity index (χ0) is 21.2. The molecule has 0 bridgehead atoms. The first-order valence-electron chi connectivity index (χ1n) is 8.77. The molecule has 6 nitrogen and oxygen atoms in total. The molecular formula is C21H21FN2O4S. The van der Waals surface area contributed by atoms with Crippen molar-refractivity contribution in [3.05, 3.63) is 77.2 Å². The average molecular weight is 416 g/mol. The van der Waals surface area contributed by atoms with E-state index in [0.29, 0.717) is 16.9 Å². The quantitative estimate of drug-likeness (QED) is 0.547. The molecular weight excluding hydrogens is 395 g/mol. The van der Waals surface area contributed by atoms with E-state index >= 15 is 0 Å². The zero-order valence-electron chi connectivity index (χ0n) is 15.7. The number of halogens is 1. The Labute approximate surface area is 172 Å². The highest BCUT2D eigenvalue weighted by atomic mass is 32.2. The highest BCUT2D eigenvalue weighted by molar-refractivity contribution is 7.98. The molecule has 0 saturated carbocycles. The predicted molar refractivity (Wildman–Crippen MR) is 111 cm³/mol. The average Bonchev–Trinajstić information content (AvgIpc) is 2.72. The smallest absolute Gasteiger partial charge is 0.326 e. The van der Waals surface area contributed by atoms with E-state index in [4.69, 9.17) is 0 Å². The maximum Gasteiger partial charge on any atom is 0.326 e. The summed E-state index contributed by atoms with van der Waals surface area (Å²) in [4.78, 5) is 36.6. The van der Waals surface area contributed by atoms with E-state index in [1.165, 1.54) is 42.1 Å². The van der Waals surface area contributed by atoms with E-state index in [2.05, 4.69) is 10.6 Å². The van der Waals surface area contributed by atoms with Gasteiger partial charge in [-0.1, -0.05) is 30.3 Å². The van der Waals surface area contributed by atoms with Crippen molar-refractivity contribution in [2.75, 3.05) is 12.0 Å². The summed E-state index contributed by atoms with van der Waals surface area (Å²) < 4.78 is 13.2. The predicted octanol–water partition coefficient (Wildman–Crippen LogP) is 2.92. The Morgan fingerprint density at radius 1 is 1.10 bits per heavy atom. The van der Waals surface area contributed by atoms with Gasteiger partial charge in [0, 0.05) is 5.56 Å². The van der Waals surface area contributed by atoms with Crippen molar-refractivity contribution in [3.63, 3.8) is 0 Å². The molecule has 1 atom stereocenters. The Morgan fingerprint density at radius 2 is 1.76 bits per heavy atom. The van der Waals surface area contributed by atoms with Crippen LogP contribution in [0, 0.1) is 5.82 Å². The Bertz CT molecular complexity index is 885. The second kappa shape index (κ2) is 11.0. The number of aliphatic carboxylic acids is 1. The fourth-order valence-corrected chi connectivity index (χ4v) is 2.87. The summed E-state index contributed by atoms with van der Waals surface area (Å²) in [6.45, 7) is 0. The fraction of sp³-hybridized carbons (Fsp3) is 0.190. The first-order chi connectivity index (χ1) is 13.9. The van der Waals surface area contributed by atoms with Crippen molar-refractivity contribution in [1.82, 2.24) is 10.6 Å². The molecule has 8 heteroatoms. The number of benzene rings is 2. The van der Waals surface area contributed by atoms with E-state index in [9.17, 15) is 23.9 Å². The maximum atomic E-state index is 13.2. The molecule has 152 valence electrons. The second-order valence-electron chi connectivity index (χ2n) is 6.08. The fourth-order valence-electron chi connectivity index (χ4n) is 2.40. The van der Waals surface area contributed by atoms with Crippen LogP contribution >= 0.6 is 11.8 Å². The molecule has 2 aromatic rings. The third kappa shape index (κ3) is 7.08. The van der Waals surface area contributed by atoms with Gasteiger partial charge in [0.05, 0.1) is 0 Å². The molecule has 2 rings (SSSR count). The van der Waals surface area contributed by atoms with Crippen LogP contribution in [0.15, 0.2) is 60.3 Å². The van der Waals surface area contributed by atoms with Gasteiger partial charge in [-0.25, -0.2) is 9.18 Å². The van der Waals surface area contributed by atoms with Crippen LogP contribution in [0.3, 0.4) is 0 Å². The monoisotopic (exact) mass is 416 g/mol.